The van der Waals surface area contributed by atoms with Gasteiger partial charge in [0.2, 0.25) is 0 Å². The van der Waals surface area contributed by atoms with Gasteiger partial charge in [0.25, 0.3) is 0 Å². The number of hydrogen-bond donors (Lipinski definition) is 1. The number of ether oxygens (including phenoxy) is 1. The van der Waals surface area contributed by atoms with Crippen LogP contribution in [0.5, 0.6) is 5.75 Å². The van der Waals surface area contributed by atoms with Gasteiger partial charge in [0.05, 0.1) is 12.3 Å². The molecule has 1 aromatic heterocycles. The molecule has 3 nitrogen and oxygen atoms in total. The van der Waals surface area contributed by atoms with Gasteiger partial charge in [-0.3, -0.25) is 0 Å². The van der Waals surface area contributed by atoms with Gasteiger partial charge in [-0.2, -0.15) is 0 Å². The lowest BCUT2D eigenvalue weighted by atomic mass is 9.87. The van der Waals surface area contributed by atoms with Crippen LogP contribution in [0.25, 0.3) is 0 Å². The predicted octanol–water partition coefficient (Wildman–Crippen LogP) is 2.50. The summed E-state index contributed by atoms with van der Waals surface area (Å²) in [6, 6.07) is 2.01. The lowest BCUT2D eigenvalue weighted by molar-refractivity contribution is 0.301. The summed E-state index contributed by atoms with van der Waals surface area (Å²) in [6.45, 7) is 6.38. The molecule has 1 heterocycles. The fourth-order valence-electron chi connectivity index (χ4n) is 1.50. The van der Waals surface area contributed by atoms with Gasteiger partial charge in [0.1, 0.15) is 11.6 Å². The largest absolute Gasteiger partial charge is 0.489 e. The first-order chi connectivity index (χ1) is 6.97. The monoisotopic (exact) mass is 206 g/mol. The Hall–Kier alpha value is -1.25. The van der Waals surface area contributed by atoms with E-state index in [2.05, 4.69) is 25.8 Å². The van der Waals surface area contributed by atoms with Gasteiger partial charge in [-0.1, -0.05) is 20.8 Å². The lowest BCUT2D eigenvalue weighted by Gasteiger charge is -2.21. The van der Waals surface area contributed by atoms with Crippen LogP contribution in [-0.2, 0) is 5.41 Å². The normalized spacial score (nSPS) is 16.5. The third-order valence-electron chi connectivity index (χ3n) is 2.53. The molecular weight excluding hydrogens is 188 g/mol. The van der Waals surface area contributed by atoms with E-state index in [4.69, 9.17) is 10.5 Å². The molecule has 15 heavy (non-hydrogen) atoms. The van der Waals surface area contributed by atoms with Crippen molar-refractivity contribution in [3.8, 4) is 5.75 Å². The zero-order valence-corrected chi connectivity index (χ0v) is 9.58. The number of nitrogens with zero attached hydrogens (tertiary/aromatic N) is 1. The zero-order chi connectivity index (χ0) is 11.1. The third kappa shape index (κ3) is 2.41. The molecule has 0 radical (unpaired) electrons. The molecule has 0 atom stereocenters. The summed E-state index contributed by atoms with van der Waals surface area (Å²) in [5, 5.41) is 0. The van der Waals surface area contributed by atoms with Gasteiger partial charge in [-0.15, -0.1) is 0 Å². The first kappa shape index (κ1) is 10.3. The first-order valence-corrected chi connectivity index (χ1v) is 5.39. The van der Waals surface area contributed by atoms with Gasteiger partial charge >= 0.3 is 0 Å². The Morgan fingerprint density at radius 2 is 2.07 bits per heavy atom. The molecule has 0 saturated heterocycles. The number of hydrogen-bond acceptors (Lipinski definition) is 3. The summed E-state index contributed by atoms with van der Waals surface area (Å²) < 4.78 is 5.70. The van der Waals surface area contributed by atoms with Crippen LogP contribution in [0.2, 0.25) is 0 Å². The highest BCUT2D eigenvalue weighted by molar-refractivity contribution is 5.47. The van der Waals surface area contributed by atoms with Crippen LogP contribution in [0.15, 0.2) is 12.3 Å². The van der Waals surface area contributed by atoms with Gasteiger partial charge in [0.15, 0.2) is 0 Å². The maximum Gasteiger partial charge on any atom is 0.138 e. The minimum atomic E-state index is 0.0139. The molecule has 1 aliphatic carbocycles. The van der Waals surface area contributed by atoms with Crippen LogP contribution in [-0.4, -0.2) is 11.1 Å². The van der Waals surface area contributed by atoms with Crippen molar-refractivity contribution in [2.75, 3.05) is 5.73 Å². The summed E-state index contributed by atoms with van der Waals surface area (Å²) in [5.74, 6) is 1.45. The van der Waals surface area contributed by atoms with Crippen molar-refractivity contribution in [2.24, 2.45) is 0 Å². The van der Waals surface area contributed by atoms with Crippen LogP contribution in [0.3, 0.4) is 0 Å². The fraction of sp³-hybridized carbons (Fsp3) is 0.583. The molecule has 3 heteroatoms. The summed E-state index contributed by atoms with van der Waals surface area (Å²) in [6.07, 6.45) is 4.44. The highest BCUT2D eigenvalue weighted by Crippen LogP contribution is 2.32. The Labute approximate surface area is 90.7 Å². The first-order valence-electron chi connectivity index (χ1n) is 5.39. The van der Waals surface area contributed by atoms with E-state index in [-0.39, 0.29) is 5.41 Å². The van der Waals surface area contributed by atoms with Crippen molar-refractivity contribution in [2.45, 2.75) is 45.1 Å². The molecule has 0 bridgehead atoms. The number of pyridine rings is 1. The standard InChI is InChI=1S/C12H18N2O/c1-12(2,3)10-6-9(7-14-11(10)13)15-8-4-5-8/h6-8H,4-5H2,1-3H3,(H2,13,14). The molecule has 1 saturated carbocycles. The van der Waals surface area contributed by atoms with Crippen LogP contribution >= 0.6 is 0 Å². The second-order valence-electron chi connectivity index (χ2n) is 5.17. The lowest BCUT2D eigenvalue weighted by Crippen LogP contribution is -2.15. The van der Waals surface area contributed by atoms with Crippen LogP contribution in [0.1, 0.15) is 39.2 Å². The SMILES string of the molecule is CC(C)(C)c1cc(OC2CC2)cnc1N. The molecule has 0 aliphatic heterocycles. The van der Waals surface area contributed by atoms with Crippen molar-refractivity contribution in [1.29, 1.82) is 0 Å². The Bertz CT molecular complexity index is 364. The number of nitrogens with two attached hydrogens (primary N) is 1. The van der Waals surface area contributed by atoms with Crippen molar-refractivity contribution in [3.05, 3.63) is 17.8 Å². The van der Waals surface area contributed by atoms with Crippen molar-refractivity contribution < 1.29 is 4.74 Å². The smallest absolute Gasteiger partial charge is 0.138 e. The highest BCUT2D eigenvalue weighted by atomic mass is 16.5. The Morgan fingerprint density at radius 3 is 2.60 bits per heavy atom. The molecule has 2 rings (SSSR count). The van der Waals surface area contributed by atoms with E-state index >= 15 is 0 Å². The maximum absolute atomic E-state index is 5.86. The maximum atomic E-state index is 5.86. The third-order valence-corrected chi connectivity index (χ3v) is 2.53. The quantitative estimate of drug-likeness (QED) is 0.808. The van der Waals surface area contributed by atoms with Crippen LogP contribution < -0.4 is 10.5 Å². The van der Waals surface area contributed by atoms with Gasteiger partial charge in [0, 0.05) is 5.56 Å². The summed E-state index contributed by atoms with van der Waals surface area (Å²) in [5.41, 5.74) is 6.93. The summed E-state index contributed by atoms with van der Waals surface area (Å²) in [7, 11) is 0. The molecule has 2 N–H and O–H groups in total. The number of anilines is 1. The van der Waals surface area contributed by atoms with Crippen molar-refractivity contribution >= 4 is 5.82 Å². The molecule has 1 fully saturated rings. The second-order valence-corrected chi connectivity index (χ2v) is 5.17. The van der Waals surface area contributed by atoms with E-state index in [9.17, 15) is 0 Å². The average molecular weight is 206 g/mol. The minimum absolute atomic E-state index is 0.0139. The number of nitrogen functional groups attached to an aromatic ring is 1. The Kier molecular flexibility index (Phi) is 2.33. The Morgan fingerprint density at radius 1 is 1.40 bits per heavy atom. The van der Waals surface area contributed by atoms with Crippen LogP contribution in [0, 0.1) is 0 Å². The van der Waals surface area contributed by atoms with Crippen molar-refractivity contribution in [1.82, 2.24) is 4.98 Å². The van der Waals surface area contributed by atoms with E-state index in [1.807, 2.05) is 6.07 Å². The Balaban J connectivity index is 2.27. The molecule has 1 aromatic rings. The van der Waals surface area contributed by atoms with Gasteiger partial charge in [-0.05, 0) is 24.3 Å². The minimum Gasteiger partial charge on any atom is -0.489 e. The molecule has 82 valence electrons. The number of aromatic nitrogens is 1. The second kappa shape index (κ2) is 3.40. The molecule has 0 amide bonds. The molecule has 0 spiro atoms. The molecule has 1 aliphatic rings. The molecule has 0 unspecified atom stereocenters. The van der Waals surface area contributed by atoms with E-state index in [1.165, 1.54) is 0 Å². The average Bonchev–Trinajstić information content (AvgIpc) is 2.90. The van der Waals surface area contributed by atoms with E-state index < -0.39 is 0 Å². The topological polar surface area (TPSA) is 48.1 Å². The van der Waals surface area contributed by atoms with Crippen LogP contribution in [0.4, 0.5) is 5.82 Å². The molecular formula is C12H18N2O. The van der Waals surface area contributed by atoms with E-state index in [0.717, 1.165) is 24.2 Å². The summed E-state index contributed by atoms with van der Waals surface area (Å²) in [4.78, 5) is 4.18. The molecule has 0 aromatic carbocycles. The fourth-order valence-corrected chi connectivity index (χ4v) is 1.50. The summed E-state index contributed by atoms with van der Waals surface area (Å²) >= 11 is 0. The number of rotatable bonds is 2. The van der Waals surface area contributed by atoms with Gasteiger partial charge in [-0.25, -0.2) is 4.98 Å². The predicted molar refractivity (Wildman–Crippen MR) is 61.0 cm³/mol. The van der Waals surface area contributed by atoms with E-state index in [0.29, 0.717) is 11.9 Å². The van der Waals surface area contributed by atoms with Gasteiger partial charge < -0.3 is 10.5 Å². The zero-order valence-electron chi connectivity index (χ0n) is 9.58. The van der Waals surface area contributed by atoms with E-state index in [1.54, 1.807) is 6.20 Å². The highest BCUT2D eigenvalue weighted by Gasteiger charge is 2.25. The van der Waals surface area contributed by atoms with Crippen molar-refractivity contribution in [3.63, 3.8) is 0 Å².